The molecule has 2 N–H and O–H groups in total. The van der Waals surface area contributed by atoms with Gasteiger partial charge in [0.05, 0.1) is 27.8 Å². The van der Waals surface area contributed by atoms with Gasteiger partial charge in [0.1, 0.15) is 5.82 Å². The van der Waals surface area contributed by atoms with Gasteiger partial charge >= 0.3 is 5.69 Å². The summed E-state index contributed by atoms with van der Waals surface area (Å²) in [6.45, 7) is 2.58. The summed E-state index contributed by atoms with van der Waals surface area (Å²) in [4.78, 5) is 22.1. The average Bonchev–Trinajstić information content (AvgIpc) is 2.78. The van der Waals surface area contributed by atoms with Crippen molar-refractivity contribution < 1.29 is 14.1 Å². The highest BCUT2D eigenvalue weighted by molar-refractivity contribution is 6.31. The Hall–Kier alpha value is -3.04. The molecule has 1 aliphatic rings. The number of fused-ring (bicyclic) bond motifs is 1. The molecule has 4 rings (SSSR count). The zero-order valence-electron chi connectivity index (χ0n) is 18.3. The molecule has 0 radical (unpaired) electrons. The van der Waals surface area contributed by atoms with Crippen molar-refractivity contribution in [3.05, 3.63) is 51.3 Å². The average molecular weight is 474 g/mol. The first kappa shape index (κ1) is 23.1. The number of rotatable bonds is 7. The van der Waals surface area contributed by atoms with E-state index in [1.54, 1.807) is 0 Å². The smallest absolute Gasteiger partial charge is 0.311 e. The number of piperidine rings is 1. The lowest BCUT2D eigenvalue weighted by Gasteiger charge is -2.28. The van der Waals surface area contributed by atoms with Crippen molar-refractivity contribution in [2.24, 2.45) is 5.92 Å². The summed E-state index contributed by atoms with van der Waals surface area (Å²) in [6.07, 6.45) is 4.17. The second-order valence-corrected chi connectivity index (χ2v) is 8.80. The van der Waals surface area contributed by atoms with Crippen LogP contribution in [0.3, 0.4) is 0 Å². The second-order valence-electron chi connectivity index (χ2n) is 8.39. The molecule has 1 aliphatic heterocycles. The molecule has 0 atom stereocenters. The summed E-state index contributed by atoms with van der Waals surface area (Å²) in [5.74, 6) is 0.208. The molecule has 1 saturated heterocycles. The monoisotopic (exact) mass is 473 g/mol. The fourth-order valence-electron chi connectivity index (χ4n) is 4.19. The fraction of sp³-hybridized carbons (Fsp3) is 0.391. The zero-order chi connectivity index (χ0) is 23.5. The summed E-state index contributed by atoms with van der Waals surface area (Å²) in [6, 6.07) is 6.97. The molecule has 3 aromatic rings. The van der Waals surface area contributed by atoms with Gasteiger partial charge in [-0.05, 0) is 69.9 Å². The quantitative estimate of drug-likeness (QED) is 0.289. The lowest BCUT2D eigenvalue weighted by atomic mass is 9.93. The van der Waals surface area contributed by atoms with Gasteiger partial charge in [-0.2, -0.15) is 0 Å². The van der Waals surface area contributed by atoms with E-state index in [2.05, 4.69) is 21.9 Å². The van der Waals surface area contributed by atoms with Crippen molar-refractivity contribution in [2.45, 2.75) is 25.7 Å². The molecule has 0 unspecified atom stereocenters. The fourth-order valence-corrected chi connectivity index (χ4v) is 4.37. The number of benzene rings is 2. The molecule has 0 amide bonds. The predicted octanol–water partition coefficient (Wildman–Crippen LogP) is 5.08. The van der Waals surface area contributed by atoms with Crippen LogP contribution in [0.25, 0.3) is 22.2 Å². The van der Waals surface area contributed by atoms with E-state index in [0.29, 0.717) is 34.7 Å². The van der Waals surface area contributed by atoms with Crippen molar-refractivity contribution in [1.82, 2.24) is 14.9 Å². The largest absolute Gasteiger partial charge is 0.487 e. The van der Waals surface area contributed by atoms with Crippen LogP contribution in [0.2, 0.25) is 5.02 Å². The number of nitro groups is 1. The minimum absolute atomic E-state index is 0.0139. The second kappa shape index (κ2) is 9.84. The number of hydrogen-bond donors (Lipinski definition) is 1. The van der Waals surface area contributed by atoms with Gasteiger partial charge in [-0.3, -0.25) is 10.1 Å². The Bertz CT molecular complexity index is 1180. The molecule has 2 heterocycles. The third kappa shape index (κ3) is 5.31. The van der Waals surface area contributed by atoms with E-state index in [0.717, 1.165) is 25.9 Å². The summed E-state index contributed by atoms with van der Waals surface area (Å²) in [7, 11) is 2.13. The highest BCUT2D eigenvalue weighted by Gasteiger charge is 2.21. The van der Waals surface area contributed by atoms with E-state index < -0.39 is 10.7 Å². The third-order valence-corrected chi connectivity index (χ3v) is 6.33. The molecule has 0 aliphatic carbocycles. The van der Waals surface area contributed by atoms with Gasteiger partial charge in [-0.15, -0.1) is 0 Å². The normalized spacial score (nSPS) is 15.1. The molecule has 8 nitrogen and oxygen atoms in total. The molecule has 174 valence electrons. The van der Waals surface area contributed by atoms with Crippen molar-refractivity contribution in [2.75, 3.05) is 32.5 Å². The Kier molecular flexibility index (Phi) is 6.90. The Balaban J connectivity index is 1.59. The Labute approximate surface area is 195 Å². The van der Waals surface area contributed by atoms with E-state index in [1.165, 1.54) is 43.2 Å². The number of nitrogen functional groups attached to an aromatic ring is 1. The number of likely N-dealkylation sites (tertiary alicyclic amines) is 1. The zero-order valence-corrected chi connectivity index (χ0v) is 19.0. The number of aromatic nitrogens is 2. The molecule has 1 fully saturated rings. The highest BCUT2D eigenvalue weighted by Crippen LogP contribution is 2.37. The number of nitrogens with two attached hydrogens (primary N) is 1. The van der Waals surface area contributed by atoms with Crippen molar-refractivity contribution >= 4 is 34.1 Å². The highest BCUT2D eigenvalue weighted by atomic mass is 35.5. The summed E-state index contributed by atoms with van der Waals surface area (Å²) < 4.78 is 19.4. The lowest BCUT2D eigenvalue weighted by molar-refractivity contribution is -0.385. The van der Waals surface area contributed by atoms with Crippen LogP contribution in [-0.4, -0.2) is 46.5 Å². The molecule has 10 heteroatoms. The minimum atomic E-state index is -0.575. The van der Waals surface area contributed by atoms with Gasteiger partial charge in [0.15, 0.2) is 5.75 Å². The summed E-state index contributed by atoms with van der Waals surface area (Å²) >= 11 is 5.92. The maximum absolute atomic E-state index is 13.6. The number of halogens is 2. The van der Waals surface area contributed by atoms with Crippen LogP contribution in [0.4, 0.5) is 16.0 Å². The van der Waals surface area contributed by atoms with Crippen LogP contribution < -0.4 is 10.5 Å². The standard InChI is InChI=1S/C23H25ClFN5O3/c1-29-8-6-14(7-9-29)3-2-10-33-21-13-19-16(12-20(21)30(31)32)22(28-23(26)27-19)15-4-5-18(25)17(24)11-15/h4-5,11-14H,2-3,6-10H2,1H3,(H2,26,27,28). The first-order valence-electron chi connectivity index (χ1n) is 10.8. The van der Waals surface area contributed by atoms with E-state index in [1.807, 2.05) is 0 Å². The molecule has 33 heavy (non-hydrogen) atoms. The molecule has 2 aromatic carbocycles. The SMILES string of the molecule is CN1CCC(CCCOc2cc3nc(N)nc(-c4ccc(F)c(Cl)c4)c3cc2[N+](=O)[O-])CC1. The van der Waals surface area contributed by atoms with Crippen LogP contribution in [0.5, 0.6) is 5.75 Å². The maximum atomic E-state index is 13.6. The van der Waals surface area contributed by atoms with E-state index >= 15 is 0 Å². The van der Waals surface area contributed by atoms with Crippen LogP contribution >= 0.6 is 11.6 Å². The van der Waals surface area contributed by atoms with Crippen molar-refractivity contribution in [1.29, 1.82) is 0 Å². The van der Waals surface area contributed by atoms with Crippen LogP contribution in [0.1, 0.15) is 25.7 Å². The van der Waals surface area contributed by atoms with Gasteiger partial charge in [0, 0.05) is 23.1 Å². The van der Waals surface area contributed by atoms with Gasteiger partial charge in [0.2, 0.25) is 5.95 Å². The summed E-state index contributed by atoms with van der Waals surface area (Å²) in [5, 5.41) is 12.1. The lowest BCUT2D eigenvalue weighted by Crippen LogP contribution is -2.30. The Morgan fingerprint density at radius 3 is 2.73 bits per heavy atom. The molecule has 0 bridgehead atoms. The minimum Gasteiger partial charge on any atom is -0.487 e. The summed E-state index contributed by atoms with van der Waals surface area (Å²) in [5.41, 5.74) is 6.90. The van der Waals surface area contributed by atoms with Gasteiger partial charge in [-0.25, -0.2) is 14.4 Å². The van der Waals surface area contributed by atoms with Gasteiger partial charge in [-0.1, -0.05) is 11.6 Å². The molecule has 1 aromatic heterocycles. The van der Waals surface area contributed by atoms with E-state index in [4.69, 9.17) is 22.1 Å². The molecule has 0 saturated carbocycles. The molecular weight excluding hydrogens is 449 g/mol. The first-order chi connectivity index (χ1) is 15.8. The van der Waals surface area contributed by atoms with E-state index in [-0.39, 0.29) is 22.4 Å². The Morgan fingerprint density at radius 2 is 2.03 bits per heavy atom. The van der Waals surface area contributed by atoms with Crippen molar-refractivity contribution in [3.63, 3.8) is 0 Å². The first-order valence-corrected chi connectivity index (χ1v) is 11.2. The molecular formula is C23H25ClFN5O3. The third-order valence-electron chi connectivity index (χ3n) is 6.04. The van der Waals surface area contributed by atoms with Crippen LogP contribution in [0, 0.1) is 21.8 Å². The topological polar surface area (TPSA) is 107 Å². The molecule has 0 spiro atoms. The van der Waals surface area contributed by atoms with Crippen molar-refractivity contribution in [3.8, 4) is 17.0 Å². The Morgan fingerprint density at radius 1 is 1.27 bits per heavy atom. The number of ether oxygens (including phenoxy) is 1. The predicted molar refractivity (Wildman–Crippen MR) is 126 cm³/mol. The van der Waals surface area contributed by atoms with Crippen LogP contribution in [-0.2, 0) is 0 Å². The number of nitrogens with zero attached hydrogens (tertiary/aromatic N) is 4. The van der Waals surface area contributed by atoms with Gasteiger partial charge in [0.25, 0.3) is 0 Å². The number of anilines is 1. The van der Waals surface area contributed by atoms with E-state index in [9.17, 15) is 14.5 Å². The number of nitro benzene ring substituents is 1. The maximum Gasteiger partial charge on any atom is 0.311 e. The number of hydrogen-bond acceptors (Lipinski definition) is 7. The van der Waals surface area contributed by atoms with Crippen LogP contribution in [0.15, 0.2) is 30.3 Å². The van der Waals surface area contributed by atoms with Gasteiger partial charge < -0.3 is 15.4 Å².